The van der Waals surface area contributed by atoms with Crippen LogP contribution in [0.25, 0.3) is 10.2 Å². The molecule has 2 aromatic rings. The minimum atomic E-state index is -0.173. The molecule has 0 aliphatic carbocycles. The Labute approximate surface area is 151 Å². The molecular formula is C17H24N6OS. The van der Waals surface area contributed by atoms with Gasteiger partial charge in [-0.15, -0.1) is 11.3 Å². The van der Waals surface area contributed by atoms with Crippen LogP contribution in [0.5, 0.6) is 0 Å². The fourth-order valence-corrected chi connectivity index (χ4v) is 4.97. The van der Waals surface area contributed by atoms with Gasteiger partial charge in [0.25, 0.3) is 0 Å². The summed E-state index contributed by atoms with van der Waals surface area (Å²) < 4.78 is 0. The zero-order valence-corrected chi connectivity index (χ0v) is 15.1. The molecule has 2 aliphatic heterocycles. The van der Waals surface area contributed by atoms with E-state index in [4.69, 9.17) is 5.73 Å². The molecule has 1 amide bonds. The number of nitrogens with zero attached hydrogens (tertiary/aromatic N) is 3. The Morgan fingerprint density at radius 3 is 3.28 bits per heavy atom. The van der Waals surface area contributed by atoms with E-state index in [0.29, 0.717) is 0 Å². The topological polar surface area (TPSA) is 96.2 Å². The van der Waals surface area contributed by atoms with Crippen molar-refractivity contribution in [1.82, 2.24) is 20.2 Å². The van der Waals surface area contributed by atoms with E-state index in [0.717, 1.165) is 69.2 Å². The second-order valence-electron chi connectivity index (χ2n) is 6.80. The third-order valence-electron chi connectivity index (χ3n) is 5.14. The number of amides is 1. The Bertz CT molecular complexity index is 776. The summed E-state index contributed by atoms with van der Waals surface area (Å²) in [5.74, 6) is 0.762. The molecule has 1 fully saturated rings. The van der Waals surface area contributed by atoms with E-state index in [2.05, 4.69) is 25.5 Å². The molecule has 4 heterocycles. The van der Waals surface area contributed by atoms with Crippen molar-refractivity contribution in [2.45, 2.75) is 25.8 Å². The number of piperidine rings is 1. The van der Waals surface area contributed by atoms with Gasteiger partial charge in [-0.25, -0.2) is 9.97 Å². The quantitative estimate of drug-likeness (QED) is 0.735. The van der Waals surface area contributed by atoms with Crippen LogP contribution in [0.4, 0.5) is 5.82 Å². The van der Waals surface area contributed by atoms with Crippen LogP contribution in [-0.2, 0) is 17.8 Å². The van der Waals surface area contributed by atoms with Crippen LogP contribution in [0.3, 0.4) is 0 Å². The third-order valence-corrected chi connectivity index (χ3v) is 6.28. The molecule has 0 spiro atoms. The van der Waals surface area contributed by atoms with Crippen LogP contribution in [-0.4, -0.2) is 53.5 Å². The molecule has 0 radical (unpaired) electrons. The standard InChI is InChI=1S/C17H24N6OS/c18-15(24)11-2-1-6-23(9-11)7-5-20-16-14-12-3-4-19-8-13(12)25-17(14)22-10-21-16/h10-11,19H,1-9H2,(H2,18,24)(H,20,21,22). The highest BCUT2D eigenvalue weighted by molar-refractivity contribution is 7.18. The van der Waals surface area contributed by atoms with E-state index >= 15 is 0 Å². The maximum Gasteiger partial charge on any atom is 0.221 e. The van der Waals surface area contributed by atoms with Gasteiger partial charge >= 0.3 is 0 Å². The van der Waals surface area contributed by atoms with E-state index in [9.17, 15) is 4.79 Å². The second-order valence-corrected chi connectivity index (χ2v) is 7.89. The monoisotopic (exact) mass is 360 g/mol. The lowest BCUT2D eigenvalue weighted by molar-refractivity contribution is -0.123. The minimum Gasteiger partial charge on any atom is -0.369 e. The number of carbonyl (C=O) groups excluding carboxylic acids is 1. The number of hydrogen-bond acceptors (Lipinski definition) is 7. The number of primary amides is 1. The lowest BCUT2D eigenvalue weighted by Crippen LogP contribution is -2.42. The first kappa shape index (κ1) is 16.7. The van der Waals surface area contributed by atoms with Gasteiger partial charge in [-0.05, 0) is 37.9 Å². The maximum absolute atomic E-state index is 11.4. The van der Waals surface area contributed by atoms with Gasteiger partial charge in [0.15, 0.2) is 0 Å². The van der Waals surface area contributed by atoms with Crippen LogP contribution in [0.15, 0.2) is 6.33 Å². The second kappa shape index (κ2) is 7.23. The molecule has 7 nitrogen and oxygen atoms in total. The molecule has 4 rings (SSSR count). The lowest BCUT2D eigenvalue weighted by atomic mass is 9.97. The summed E-state index contributed by atoms with van der Waals surface area (Å²) in [7, 11) is 0. The van der Waals surface area contributed by atoms with Crippen LogP contribution in [0, 0.1) is 5.92 Å². The molecule has 4 N–H and O–H groups in total. The van der Waals surface area contributed by atoms with Crippen molar-refractivity contribution in [2.75, 3.05) is 38.0 Å². The first-order valence-electron chi connectivity index (χ1n) is 8.94. The van der Waals surface area contributed by atoms with E-state index in [-0.39, 0.29) is 11.8 Å². The van der Waals surface area contributed by atoms with Gasteiger partial charge in [-0.2, -0.15) is 0 Å². The van der Waals surface area contributed by atoms with Gasteiger partial charge in [0.1, 0.15) is 17.0 Å². The van der Waals surface area contributed by atoms with Crippen LogP contribution in [0.1, 0.15) is 23.3 Å². The lowest BCUT2D eigenvalue weighted by Gasteiger charge is -2.31. The molecule has 1 atom stereocenters. The van der Waals surface area contributed by atoms with Crippen molar-refractivity contribution in [1.29, 1.82) is 0 Å². The highest BCUT2D eigenvalue weighted by atomic mass is 32.1. The van der Waals surface area contributed by atoms with Gasteiger partial charge in [0, 0.05) is 31.1 Å². The zero-order valence-electron chi connectivity index (χ0n) is 14.3. The van der Waals surface area contributed by atoms with E-state index < -0.39 is 0 Å². The summed E-state index contributed by atoms with van der Waals surface area (Å²) in [6.07, 6.45) is 4.63. The Kier molecular flexibility index (Phi) is 4.82. The molecule has 2 aliphatic rings. The normalized spacial score (nSPS) is 21.2. The maximum atomic E-state index is 11.4. The van der Waals surface area contributed by atoms with E-state index in [1.165, 1.54) is 15.8 Å². The molecule has 0 bridgehead atoms. The number of hydrogen-bond donors (Lipinski definition) is 3. The number of anilines is 1. The molecule has 1 saturated heterocycles. The fraction of sp³-hybridized carbons (Fsp3) is 0.588. The summed E-state index contributed by atoms with van der Waals surface area (Å²) in [6.45, 7) is 5.44. The average Bonchev–Trinajstić information content (AvgIpc) is 3.01. The van der Waals surface area contributed by atoms with Gasteiger partial charge < -0.3 is 21.3 Å². The predicted molar refractivity (Wildman–Crippen MR) is 99.7 cm³/mol. The van der Waals surface area contributed by atoms with Gasteiger partial charge in [-0.1, -0.05) is 0 Å². The first-order valence-corrected chi connectivity index (χ1v) is 9.75. The Morgan fingerprint density at radius 2 is 2.40 bits per heavy atom. The summed E-state index contributed by atoms with van der Waals surface area (Å²) in [5, 5.41) is 8.10. The Morgan fingerprint density at radius 1 is 1.48 bits per heavy atom. The number of fused-ring (bicyclic) bond motifs is 3. The molecule has 0 saturated carbocycles. The predicted octanol–water partition coefficient (Wildman–Crippen LogP) is 0.946. The van der Waals surface area contributed by atoms with E-state index in [1.54, 1.807) is 17.7 Å². The Balaban J connectivity index is 1.43. The number of rotatable bonds is 5. The number of carbonyl (C=O) groups is 1. The van der Waals surface area contributed by atoms with Crippen molar-refractivity contribution in [3.8, 4) is 0 Å². The summed E-state index contributed by atoms with van der Waals surface area (Å²) >= 11 is 1.76. The first-order chi connectivity index (χ1) is 12.2. The van der Waals surface area contributed by atoms with Crippen molar-refractivity contribution >= 4 is 33.3 Å². The largest absolute Gasteiger partial charge is 0.369 e. The number of nitrogens with two attached hydrogens (primary N) is 1. The number of likely N-dealkylation sites (tertiary alicyclic amines) is 1. The van der Waals surface area contributed by atoms with Crippen molar-refractivity contribution in [3.05, 3.63) is 16.8 Å². The fourth-order valence-electron chi connectivity index (χ4n) is 3.82. The Hall–Kier alpha value is -1.77. The molecule has 1 unspecified atom stereocenters. The molecule has 8 heteroatoms. The summed E-state index contributed by atoms with van der Waals surface area (Å²) in [6, 6.07) is 0. The SMILES string of the molecule is NC(=O)C1CCCN(CCNc2ncnc3sc4c(c23)CCNC4)C1. The summed E-state index contributed by atoms with van der Waals surface area (Å²) in [4.78, 5) is 25.1. The molecule has 134 valence electrons. The highest BCUT2D eigenvalue weighted by Crippen LogP contribution is 2.35. The number of thiophene rings is 1. The highest BCUT2D eigenvalue weighted by Gasteiger charge is 2.24. The van der Waals surface area contributed by atoms with Crippen molar-refractivity contribution in [2.24, 2.45) is 11.7 Å². The number of aromatic nitrogens is 2. The third kappa shape index (κ3) is 3.47. The molecular weight excluding hydrogens is 336 g/mol. The zero-order chi connectivity index (χ0) is 17.2. The van der Waals surface area contributed by atoms with E-state index in [1.807, 2.05) is 0 Å². The van der Waals surface area contributed by atoms with Crippen molar-refractivity contribution in [3.63, 3.8) is 0 Å². The molecule has 25 heavy (non-hydrogen) atoms. The molecule has 0 aromatic carbocycles. The summed E-state index contributed by atoms with van der Waals surface area (Å²) in [5.41, 5.74) is 6.86. The van der Waals surface area contributed by atoms with Crippen LogP contribution >= 0.6 is 11.3 Å². The van der Waals surface area contributed by atoms with Crippen LogP contribution in [0.2, 0.25) is 0 Å². The minimum absolute atomic E-state index is 0.00380. The molecule has 2 aromatic heterocycles. The average molecular weight is 360 g/mol. The smallest absolute Gasteiger partial charge is 0.221 e. The van der Waals surface area contributed by atoms with Crippen LogP contribution < -0.4 is 16.4 Å². The van der Waals surface area contributed by atoms with Gasteiger partial charge in [-0.3, -0.25) is 4.79 Å². The van der Waals surface area contributed by atoms with Crippen molar-refractivity contribution < 1.29 is 4.79 Å². The number of nitrogens with one attached hydrogen (secondary N) is 2. The van der Waals surface area contributed by atoms with Gasteiger partial charge in [0.2, 0.25) is 5.91 Å². The van der Waals surface area contributed by atoms with Gasteiger partial charge in [0.05, 0.1) is 11.3 Å².